The van der Waals surface area contributed by atoms with E-state index in [1.54, 1.807) is 19.1 Å². The highest BCUT2D eigenvalue weighted by molar-refractivity contribution is 6.01. The van der Waals surface area contributed by atoms with Gasteiger partial charge in [-0.2, -0.15) is 5.10 Å². The molecule has 7 heteroatoms. The Hall–Kier alpha value is -2.70. The Morgan fingerprint density at radius 1 is 1.48 bits per heavy atom. The number of nitrogens with one attached hydrogen (secondary N) is 2. The lowest BCUT2D eigenvalue weighted by Gasteiger charge is -2.23. The molecule has 2 N–H and O–H groups in total. The lowest BCUT2D eigenvalue weighted by atomic mass is 10.1. The monoisotopic (exact) mass is 288 g/mol. The average Bonchev–Trinajstić information content (AvgIpc) is 2.80. The second kappa shape index (κ2) is 5.01. The SMILES string of the molecule is Cc1cc2n(n1)[C@@H](C(=O)Nc1ccccc1F)CC(=O)N2. The average molecular weight is 288 g/mol. The molecule has 108 valence electrons. The van der Waals surface area contributed by atoms with Gasteiger partial charge in [0.2, 0.25) is 11.8 Å². The number of fused-ring (bicyclic) bond motifs is 1. The van der Waals surface area contributed by atoms with E-state index in [4.69, 9.17) is 0 Å². The van der Waals surface area contributed by atoms with Gasteiger partial charge in [0.15, 0.2) is 0 Å². The van der Waals surface area contributed by atoms with Crippen molar-refractivity contribution in [2.75, 3.05) is 10.6 Å². The minimum absolute atomic E-state index is 0.0333. The van der Waals surface area contributed by atoms with E-state index in [1.165, 1.54) is 22.9 Å². The Balaban J connectivity index is 1.88. The zero-order valence-electron chi connectivity index (χ0n) is 11.3. The van der Waals surface area contributed by atoms with Gasteiger partial charge in [-0.1, -0.05) is 12.1 Å². The van der Waals surface area contributed by atoms with Gasteiger partial charge in [0.25, 0.3) is 0 Å². The van der Waals surface area contributed by atoms with Crippen molar-refractivity contribution in [2.24, 2.45) is 0 Å². The van der Waals surface area contributed by atoms with Gasteiger partial charge in [0.1, 0.15) is 17.7 Å². The maximum atomic E-state index is 13.6. The minimum atomic E-state index is -0.790. The molecule has 0 aliphatic carbocycles. The topological polar surface area (TPSA) is 76.0 Å². The third-order valence-electron chi connectivity index (χ3n) is 3.23. The summed E-state index contributed by atoms with van der Waals surface area (Å²) in [7, 11) is 0. The van der Waals surface area contributed by atoms with Crippen LogP contribution >= 0.6 is 0 Å². The molecule has 1 aliphatic rings. The van der Waals surface area contributed by atoms with Crippen molar-refractivity contribution in [2.45, 2.75) is 19.4 Å². The molecule has 2 aromatic rings. The van der Waals surface area contributed by atoms with E-state index in [-0.39, 0.29) is 18.0 Å². The molecule has 2 heterocycles. The molecule has 0 fully saturated rings. The Kier molecular flexibility index (Phi) is 3.17. The maximum Gasteiger partial charge on any atom is 0.249 e. The summed E-state index contributed by atoms with van der Waals surface area (Å²) in [5.74, 6) is -0.796. The predicted octanol–water partition coefficient (Wildman–Crippen LogP) is 1.85. The summed E-state index contributed by atoms with van der Waals surface area (Å²) < 4.78 is 15.0. The number of hydrogen-bond acceptors (Lipinski definition) is 3. The Bertz CT molecular complexity index is 726. The van der Waals surface area contributed by atoms with E-state index in [1.807, 2.05) is 0 Å². The number of rotatable bonds is 2. The highest BCUT2D eigenvalue weighted by Gasteiger charge is 2.31. The summed E-state index contributed by atoms with van der Waals surface area (Å²) in [6, 6.07) is 6.77. The van der Waals surface area contributed by atoms with Crippen molar-refractivity contribution in [3.63, 3.8) is 0 Å². The number of carbonyl (C=O) groups is 2. The molecule has 6 nitrogen and oxygen atoms in total. The van der Waals surface area contributed by atoms with E-state index >= 15 is 0 Å². The molecule has 1 aliphatic heterocycles. The number of nitrogens with zero attached hydrogens (tertiary/aromatic N) is 2. The maximum absolute atomic E-state index is 13.6. The normalized spacial score (nSPS) is 17.0. The Morgan fingerprint density at radius 2 is 2.24 bits per heavy atom. The van der Waals surface area contributed by atoms with E-state index in [2.05, 4.69) is 15.7 Å². The summed E-state index contributed by atoms with van der Waals surface area (Å²) in [6.07, 6.45) is -0.0333. The first-order valence-corrected chi connectivity index (χ1v) is 6.46. The quantitative estimate of drug-likeness (QED) is 0.885. The van der Waals surface area contributed by atoms with Gasteiger partial charge < -0.3 is 10.6 Å². The lowest BCUT2D eigenvalue weighted by Crippen LogP contribution is -2.35. The first kappa shape index (κ1) is 13.3. The number of amides is 2. The van der Waals surface area contributed by atoms with Crippen molar-refractivity contribution in [3.05, 3.63) is 41.8 Å². The number of para-hydroxylation sites is 1. The molecule has 2 amide bonds. The van der Waals surface area contributed by atoms with Gasteiger partial charge in [-0.25, -0.2) is 9.07 Å². The molecule has 1 atom stereocenters. The molecule has 0 radical (unpaired) electrons. The fourth-order valence-corrected chi connectivity index (χ4v) is 2.29. The number of hydrogen-bond donors (Lipinski definition) is 2. The summed E-state index contributed by atoms with van der Waals surface area (Å²) in [6.45, 7) is 1.77. The first-order valence-electron chi connectivity index (χ1n) is 6.46. The van der Waals surface area contributed by atoms with Gasteiger partial charge in [-0.05, 0) is 19.1 Å². The summed E-state index contributed by atoms with van der Waals surface area (Å²) in [4.78, 5) is 24.0. The Morgan fingerprint density at radius 3 is 3.00 bits per heavy atom. The number of aromatic nitrogens is 2. The van der Waals surface area contributed by atoms with Crippen LogP contribution in [0.5, 0.6) is 0 Å². The van der Waals surface area contributed by atoms with Crippen molar-refractivity contribution < 1.29 is 14.0 Å². The van der Waals surface area contributed by atoms with Crippen molar-refractivity contribution in [1.82, 2.24) is 9.78 Å². The van der Waals surface area contributed by atoms with Gasteiger partial charge in [0, 0.05) is 6.07 Å². The fourth-order valence-electron chi connectivity index (χ4n) is 2.29. The van der Waals surface area contributed by atoms with E-state index in [0.29, 0.717) is 11.5 Å². The van der Waals surface area contributed by atoms with Crippen LogP contribution < -0.4 is 10.6 Å². The molecule has 1 aromatic carbocycles. The number of benzene rings is 1. The van der Waals surface area contributed by atoms with Crippen LogP contribution in [-0.2, 0) is 9.59 Å². The van der Waals surface area contributed by atoms with Gasteiger partial charge >= 0.3 is 0 Å². The predicted molar refractivity (Wildman–Crippen MR) is 74.3 cm³/mol. The molecule has 3 rings (SSSR count). The first-order chi connectivity index (χ1) is 10.0. The number of anilines is 2. The number of halogens is 1. The molecule has 21 heavy (non-hydrogen) atoms. The third-order valence-corrected chi connectivity index (χ3v) is 3.23. The standard InChI is InChI=1S/C14H13FN4O2/c1-8-6-12-17-13(20)7-11(19(12)18-8)14(21)16-10-5-3-2-4-9(10)15/h2-6,11H,7H2,1H3,(H,16,21)(H,17,20)/t11-/m1/s1. The van der Waals surface area contributed by atoms with E-state index in [0.717, 1.165) is 0 Å². The van der Waals surface area contributed by atoms with Gasteiger partial charge in [0.05, 0.1) is 17.8 Å². The van der Waals surface area contributed by atoms with Gasteiger partial charge in [-0.15, -0.1) is 0 Å². The molecule has 0 bridgehead atoms. The van der Waals surface area contributed by atoms with Crippen LogP contribution in [0.1, 0.15) is 18.2 Å². The highest BCUT2D eigenvalue weighted by atomic mass is 19.1. The highest BCUT2D eigenvalue weighted by Crippen LogP contribution is 2.26. The number of carbonyl (C=O) groups excluding carboxylic acids is 2. The van der Waals surface area contributed by atoms with Crippen LogP contribution in [0.3, 0.4) is 0 Å². The van der Waals surface area contributed by atoms with Gasteiger partial charge in [-0.3, -0.25) is 9.59 Å². The molecular formula is C14H13FN4O2. The van der Waals surface area contributed by atoms with Crippen LogP contribution in [0.4, 0.5) is 15.9 Å². The van der Waals surface area contributed by atoms with Crippen molar-refractivity contribution >= 4 is 23.3 Å². The van der Waals surface area contributed by atoms with Crippen LogP contribution in [-0.4, -0.2) is 21.6 Å². The zero-order valence-corrected chi connectivity index (χ0v) is 11.3. The summed E-state index contributed by atoms with van der Waals surface area (Å²) in [5, 5.41) is 9.34. The zero-order chi connectivity index (χ0) is 15.0. The number of aryl methyl sites for hydroxylation is 1. The summed E-state index contributed by atoms with van der Waals surface area (Å²) >= 11 is 0. The lowest BCUT2D eigenvalue weighted by molar-refractivity contribution is -0.125. The molecule has 0 saturated carbocycles. The Labute approximate surface area is 120 Å². The second-order valence-corrected chi connectivity index (χ2v) is 4.85. The molecule has 0 saturated heterocycles. The van der Waals surface area contributed by atoms with E-state index < -0.39 is 17.8 Å². The summed E-state index contributed by atoms with van der Waals surface area (Å²) in [5.41, 5.74) is 0.773. The molecule has 0 spiro atoms. The van der Waals surface area contributed by atoms with Crippen molar-refractivity contribution in [1.29, 1.82) is 0 Å². The van der Waals surface area contributed by atoms with E-state index in [9.17, 15) is 14.0 Å². The fraction of sp³-hybridized carbons (Fsp3) is 0.214. The van der Waals surface area contributed by atoms with Crippen LogP contribution in [0, 0.1) is 12.7 Å². The minimum Gasteiger partial charge on any atom is -0.322 e. The van der Waals surface area contributed by atoms with Crippen LogP contribution in [0.2, 0.25) is 0 Å². The second-order valence-electron chi connectivity index (χ2n) is 4.85. The third kappa shape index (κ3) is 2.49. The molecule has 1 aromatic heterocycles. The van der Waals surface area contributed by atoms with Crippen molar-refractivity contribution in [3.8, 4) is 0 Å². The van der Waals surface area contributed by atoms with Crippen LogP contribution in [0.25, 0.3) is 0 Å². The van der Waals surface area contributed by atoms with Crippen LogP contribution in [0.15, 0.2) is 30.3 Å². The smallest absolute Gasteiger partial charge is 0.249 e. The molecular weight excluding hydrogens is 275 g/mol. The molecule has 0 unspecified atom stereocenters. The largest absolute Gasteiger partial charge is 0.322 e.